The number of carboxylic acids is 1. The molecule has 1 fully saturated rings. The average molecular weight is 369 g/mol. The van der Waals surface area contributed by atoms with Crippen molar-refractivity contribution in [1.82, 2.24) is 0 Å². The van der Waals surface area contributed by atoms with Crippen LogP contribution in [0.15, 0.2) is 36.4 Å². The molecule has 1 heterocycles. The number of hydrogen-bond donors (Lipinski definition) is 2. The van der Waals surface area contributed by atoms with Crippen LogP contribution in [0.4, 0.5) is 17.1 Å². The first-order valence-corrected chi connectivity index (χ1v) is 8.56. The lowest BCUT2D eigenvalue weighted by molar-refractivity contribution is -0.384. The third-order valence-electron chi connectivity index (χ3n) is 4.69. The summed E-state index contributed by atoms with van der Waals surface area (Å²) in [5.74, 6) is -1.62. The highest BCUT2D eigenvalue weighted by Crippen LogP contribution is 2.32. The molecule has 0 bridgehead atoms. The Hall–Kier alpha value is -3.42. The van der Waals surface area contributed by atoms with Crippen molar-refractivity contribution < 1.29 is 19.6 Å². The standard InChI is InChI=1S/C19H19N3O5/c1-12-14(19(24)25)5-4-6-15(12)20-18(23)13-7-8-16(17(11-13)22(26)27)21-9-2-3-10-21/h4-8,11H,2-3,9-10H2,1H3,(H,20,23)(H,24,25). The third kappa shape index (κ3) is 3.74. The summed E-state index contributed by atoms with van der Waals surface area (Å²) < 4.78 is 0. The van der Waals surface area contributed by atoms with Gasteiger partial charge in [0.05, 0.1) is 10.5 Å². The fourth-order valence-corrected chi connectivity index (χ4v) is 3.23. The molecule has 2 N–H and O–H groups in total. The van der Waals surface area contributed by atoms with Gasteiger partial charge in [0.15, 0.2) is 0 Å². The van der Waals surface area contributed by atoms with E-state index in [4.69, 9.17) is 0 Å². The Morgan fingerprint density at radius 2 is 1.89 bits per heavy atom. The van der Waals surface area contributed by atoms with Crippen molar-refractivity contribution in [3.63, 3.8) is 0 Å². The Bertz CT molecular complexity index is 920. The van der Waals surface area contributed by atoms with Gasteiger partial charge in [-0.3, -0.25) is 14.9 Å². The Morgan fingerprint density at radius 3 is 2.52 bits per heavy atom. The number of anilines is 2. The van der Waals surface area contributed by atoms with Gasteiger partial charge in [0.2, 0.25) is 0 Å². The lowest BCUT2D eigenvalue weighted by Crippen LogP contribution is -2.20. The molecule has 8 nitrogen and oxygen atoms in total. The van der Waals surface area contributed by atoms with Gasteiger partial charge in [-0.25, -0.2) is 4.79 Å². The van der Waals surface area contributed by atoms with Gasteiger partial charge in [0.1, 0.15) is 5.69 Å². The summed E-state index contributed by atoms with van der Waals surface area (Å²) in [5.41, 5.74) is 1.40. The molecule has 0 spiro atoms. The summed E-state index contributed by atoms with van der Waals surface area (Å²) in [6.45, 7) is 3.11. The van der Waals surface area contributed by atoms with Crippen LogP contribution in [-0.2, 0) is 0 Å². The largest absolute Gasteiger partial charge is 0.478 e. The van der Waals surface area contributed by atoms with Crippen molar-refractivity contribution in [1.29, 1.82) is 0 Å². The Labute approximate surface area is 155 Å². The van der Waals surface area contributed by atoms with Gasteiger partial charge >= 0.3 is 5.97 Å². The van der Waals surface area contributed by atoms with Crippen LogP contribution >= 0.6 is 0 Å². The monoisotopic (exact) mass is 369 g/mol. The van der Waals surface area contributed by atoms with Crippen molar-refractivity contribution in [3.8, 4) is 0 Å². The normalized spacial score (nSPS) is 13.4. The molecule has 8 heteroatoms. The molecule has 1 amide bonds. The maximum absolute atomic E-state index is 12.6. The summed E-state index contributed by atoms with van der Waals surface area (Å²) in [5, 5.41) is 23.3. The quantitative estimate of drug-likeness (QED) is 0.616. The first-order valence-electron chi connectivity index (χ1n) is 8.56. The number of rotatable bonds is 5. The molecule has 2 aromatic carbocycles. The van der Waals surface area contributed by atoms with E-state index in [1.54, 1.807) is 25.1 Å². The summed E-state index contributed by atoms with van der Waals surface area (Å²) >= 11 is 0. The first kappa shape index (κ1) is 18.4. The minimum absolute atomic E-state index is 0.0863. The molecule has 0 aliphatic carbocycles. The molecule has 0 radical (unpaired) electrons. The molecular formula is C19H19N3O5. The number of hydrogen-bond acceptors (Lipinski definition) is 5. The molecule has 0 unspecified atom stereocenters. The van der Waals surface area contributed by atoms with E-state index in [-0.39, 0.29) is 16.8 Å². The van der Waals surface area contributed by atoms with Crippen LogP contribution in [0.1, 0.15) is 39.1 Å². The highest BCUT2D eigenvalue weighted by Gasteiger charge is 2.24. The maximum atomic E-state index is 12.6. The van der Waals surface area contributed by atoms with E-state index < -0.39 is 16.8 Å². The topological polar surface area (TPSA) is 113 Å². The van der Waals surface area contributed by atoms with E-state index in [1.807, 2.05) is 4.90 Å². The SMILES string of the molecule is Cc1c(NC(=O)c2ccc(N3CCCC3)c([N+](=O)[O-])c2)cccc1C(=O)O. The second kappa shape index (κ2) is 7.45. The van der Waals surface area contributed by atoms with Crippen molar-refractivity contribution in [2.24, 2.45) is 0 Å². The van der Waals surface area contributed by atoms with Crippen LogP contribution in [0.5, 0.6) is 0 Å². The van der Waals surface area contributed by atoms with E-state index in [0.717, 1.165) is 25.9 Å². The lowest BCUT2D eigenvalue weighted by atomic mass is 10.1. The number of aromatic carboxylic acids is 1. The van der Waals surface area contributed by atoms with Crippen molar-refractivity contribution in [3.05, 3.63) is 63.2 Å². The Balaban J connectivity index is 1.89. The molecule has 0 atom stereocenters. The molecule has 0 aromatic heterocycles. The van der Waals surface area contributed by atoms with Crippen LogP contribution in [0.3, 0.4) is 0 Å². The number of nitro groups is 1. The highest BCUT2D eigenvalue weighted by atomic mass is 16.6. The zero-order valence-corrected chi connectivity index (χ0v) is 14.8. The number of benzene rings is 2. The number of nitrogens with zero attached hydrogens (tertiary/aromatic N) is 2. The summed E-state index contributed by atoms with van der Waals surface area (Å²) in [6, 6.07) is 8.98. The number of carboxylic acid groups (broad SMARTS) is 1. The number of carbonyl (C=O) groups excluding carboxylic acids is 1. The smallest absolute Gasteiger partial charge is 0.336 e. The molecule has 1 aliphatic rings. The predicted molar refractivity (Wildman–Crippen MR) is 101 cm³/mol. The second-order valence-electron chi connectivity index (χ2n) is 6.39. The molecule has 27 heavy (non-hydrogen) atoms. The van der Waals surface area contributed by atoms with E-state index in [0.29, 0.717) is 16.9 Å². The minimum atomic E-state index is -1.09. The minimum Gasteiger partial charge on any atom is -0.478 e. The van der Waals surface area contributed by atoms with E-state index in [2.05, 4.69) is 5.32 Å². The number of nitrogens with one attached hydrogen (secondary N) is 1. The molecule has 2 aromatic rings. The van der Waals surface area contributed by atoms with Crippen LogP contribution < -0.4 is 10.2 Å². The molecule has 1 aliphatic heterocycles. The zero-order valence-electron chi connectivity index (χ0n) is 14.8. The number of amides is 1. The van der Waals surface area contributed by atoms with Crippen LogP contribution in [0.2, 0.25) is 0 Å². The Morgan fingerprint density at radius 1 is 1.19 bits per heavy atom. The van der Waals surface area contributed by atoms with Crippen molar-refractivity contribution in [2.75, 3.05) is 23.3 Å². The molecule has 1 saturated heterocycles. The Kier molecular flexibility index (Phi) is 5.07. The highest BCUT2D eigenvalue weighted by molar-refractivity contribution is 6.06. The molecule has 0 saturated carbocycles. The number of carbonyl (C=O) groups is 2. The zero-order chi connectivity index (χ0) is 19.6. The third-order valence-corrected chi connectivity index (χ3v) is 4.69. The lowest BCUT2D eigenvalue weighted by Gasteiger charge is -2.18. The van der Waals surface area contributed by atoms with Crippen LogP contribution in [0, 0.1) is 17.0 Å². The van der Waals surface area contributed by atoms with Gasteiger partial charge in [0, 0.05) is 30.4 Å². The average Bonchev–Trinajstić information content (AvgIpc) is 3.17. The van der Waals surface area contributed by atoms with E-state index in [9.17, 15) is 24.8 Å². The van der Waals surface area contributed by atoms with E-state index >= 15 is 0 Å². The summed E-state index contributed by atoms with van der Waals surface area (Å²) in [7, 11) is 0. The van der Waals surface area contributed by atoms with Crippen molar-refractivity contribution >= 4 is 28.9 Å². The van der Waals surface area contributed by atoms with Crippen LogP contribution in [0.25, 0.3) is 0 Å². The second-order valence-corrected chi connectivity index (χ2v) is 6.39. The van der Waals surface area contributed by atoms with Gasteiger partial charge in [-0.05, 0) is 49.6 Å². The van der Waals surface area contributed by atoms with Gasteiger partial charge in [-0.1, -0.05) is 6.07 Å². The predicted octanol–water partition coefficient (Wildman–Crippen LogP) is 3.45. The van der Waals surface area contributed by atoms with Gasteiger partial charge in [0.25, 0.3) is 11.6 Å². The first-order chi connectivity index (χ1) is 12.9. The molecule has 3 rings (SSSR count). The maximum Gasteiger partial charge on any atom is 0.336 e. The number of nitro benzene ring substituents is 1. The fourth-order valence-electron chi connectivity index (χ4n) is 3.23. The molecule has 140 valence electrons. The van der Waals surface area contributed by atoms with Crippen LogP contribution in [-0.4, -0.2) is 35.0 Å². The van der Waals surface area contributed by atoms with Gasteiger partial charge < -0.3 is 15.3 Å². The van der Waals surface area contributed by atoms with Crippen molar-refractivity contribution in [2.45, 2.75) is 19.8 Å². The summed E-state index contributed by atoms with van der Waals surface area (Å²) in [6.07, 6.45) is 1.97. The molecular weight excluding hydrogens is 350 g/mol. The summed E-state index contributed by atoms with van der Waals surface area (Å²) in [4.78, 5) is 36.7. The fraction of sp³-hybridized carbons (Fsp3) is 0.263. The van der Waals surface area contributed by atoms with E-state index in [1.165, 1.54) is 18.2 Å². The van der Waals surface area contributed by atoms with Gasteiger partial charge in [-0.15, -0.1) is 0 Å². The van der Waals surface area contributed by atoms with Gasteiger partial charge in [-0.2, -0.15) is 0 Å².